The topological polar surface area (TPSA) is 29.5 Å². The lowest BCUT2D eigenvalue weighted by atomic mass is 10.1. The summed E-state index contributed by atoms with van der Waals surface area (Å²) in [5, 5.41) is 8.87. The van der Waals surface area contributed by atoms with Crippen molar-refractivity contribution >= 4 is 0 Å². The van der Waals surface area contributed by atoms with Crippen molar-refractivity contribution in [1.29, 1.82) is 0 Å². The molecule has 0 aromatic heterocycles. The molecule has 1 aliphatic heterocycles. The van der Waals surface area contributed by atoms with Crippen molar-refractivity contribution in [2.24, 2.45) is 5.92 Å². The standard InChI is InChI=1S/C5H10O2.2C2H6/c1-4-2-7-3-5(4)6;2*1-2/h4-6H,2-3H2,1H3;2*1-2H3. The predicted molar refractivity (Wildman–Crippen MR) is 48.7 cm³/mol. The average Bonchev–Trinajstić information content (AvgIpc) is 2.44. The Morgan fingerprint density at radius 1 is 1.09 bits per heavy atom. The van der Waals surface area contributed by atoms with Crippen molar-refractivity contribution in [1.82, 2.24) is 0 Å². The van der Waals surface area contributed by atoms with Crippen LogP contribution in [0.4, 0.5) is 0 Å². The lowest BCUT2D eigenvalue weighted by Crippen LogP contribution is -2.13. The van der Waals surface area contributed by atoms with Crippen LogP contribution < -0.4 is 0 Å². The molecule has 0 aromatic rings. The maximum Gasteiger partial charge on any atom is 0.0821 e. The molecular formula is C9H22O2. The Hall–Kier alpha value is -0.0800. The van der Waals surface area contributed by atoms with Crippen LogP contribution in [0.5, 0.6) is 0 Å². The molecule has 2 atom stereocenters. The number of ether oxygens (including phenoxy) is 1. The Balaban J connectivity index is 0. The molecular weight excluding hydrogens is 140 g/mol. The first-order valence-electron chi connectivity index (χ1n) is 4.56. The molecule has 0 aromatic carbocycles. The molecule has 70 valence electrons. The highest BCUT2D eigenvalue weighted by Crippen LogP contribution is 2.10. The van der Waals surface area contributed by atoms with Gasteiger partial charge in [-0.3, -0.25) is 0 Å². The van der Waals surface area contributed by atoms with Crippen molar-refractivity contribution in [3.05, 3.63) is 0 Å². The molecule has 0 saturated carbocycles. The summed E-state index contributed by atoms with van der Waals surface area (Å²) in [5.41, 5.74) is 0. The van der Waals surface area contributed by atoms with Gasteiger partial charge < -0.3 is 9.84 Å². The third-order valence-corrected chi connectivity index (χ3v) is 1.33. The van der Waals surface area contributed by atoms with Gasteiger partial charge >= 0.3 is 0 Å². The van der Waals surface area contributed by atoms with Crippen LogP contribution in [0.1, 0.15) is 34.6 Å². The van der Waals surface area contributed by atoms with E-state index < -0.39 is 0 Å². The predicted octanol–water partition coefficient (Wildman–Crippen LogP) is 2.07. The zero-order chi connectivity index (χ0) is 9.28. The Labute approximate surface area is 70.6 Å². The molecule has 0 amide bonds. The second kappa shape index (κ2) is 9.92. The second-order valence-electron chi connectivity index (χ2n) is 2.08. The maximum atomic E-state index is 8.87. The molecule has 1 saturated heterocycles. The van der Waals surface area contributed by atoms with Gasteiger partial charge in [-0.05, 0) is 0 Å². The first-order chi connectivity index (χ1) is 5.30. The van der Waals surface area contributed by atoms with Gasteiger partial charge in [-0.15, -0.1) is 0 Å². The van der Waals surface area contributed by atoms with Crippen molar-refractivity contribution in [2.45, 2.75) is 40.7 Å². The van der Waals surface area contributed by atoms with E-state index in [0.29, 0.717) is 12.5 Å². The quantitative estimate of drug-likeness (QED) is 0.591. The Kier molecular flexibility index (Phi) is 12.2. The Morgan fingerprint density at radius 3 is 1.64 bits per heavy atom. The number of rotatable bonds is 0. The monoisotopic (exact) mass is 162 g/mol. The fraction of sp³-hybridized carbons (Fsp3) is 1.00. The molecule has 1 rings (SSSR count). The number of hydrogen-bond donors (Lipinski definition) is 1. The molecule has 0 spiro atoms. The van der Waals surface area contributed by atoms with E-state index in [4.69, 9.17) is 9.84 Å². The minimum Gasteiger partial charge on any atom is -0.390 e. The van der Waals surface area contributed by atoms with E-state index in [1.165, 1.54) is 0 Å². The SMILES string of the molecule is CC.CC.CC1COCC1O. The first-order valence-corrected chi connectivity index (χ1v) is 4.56. The lowest BCUT2D eigenvalue weighted by Gasteiger charge is -2.00. The van der Waals surface area contributed by atoms with Crippen molar-refractivity contribution < 1.29 is 9.84 Å². The van der Waals surface area contributed by atoms with E-state index in [0.717, 1.165) is 6.61 Å². The second-order valence-corrected chi connectivity index (χ2v) is 2.08. The minimum absolute atomic E-state index is 0.208. The van der Waals surface area contributed by atoms with Crippen LogP contribution >= 0.6 is 0 Å². The molecule has 2 nitrogen and oxygen atoms in total. The summed E-state index contributed by atoms with van der Waals surface area (Å²) >= 11 is 0. The van der Waals surface area contributed by atoms with Crippen LogP contribution in [0.25, 0.3) is 0 Å². The zero-order valence-corrected chi connectivity index (χ0v) is 8.42. The van der Waals surface area contributed by atoms with Crippen molar-refractivity contribution in [2.75, 3.05) is 13.2 Å². The van der Waals surface area contributed by atoms with Crippen molar-refractivity contribution in [3.8, 4) is 0 Å². The van der Waals surface area contributed by atoms with Gasteiger partial charge in [0.25, 0.3) is 0 Å². The van der Waals surface area contributed by atoms with E-state index in [9.17, 15) is 0 Å². The van der Waals surface area contributed by atoms with Crippen LogP contribution in [0.2, 0.25) is 0 Å². The summed E-state index contributed by atoms with van der Waals surface area (Å²) in [6.45, 7) is 11.2. The van der Waals surface area contributed by atoms with Gasteiger partial charge in [0.2, 0.25) is 0 Å². The lowest BCUT2D eigenvalue weighted by molar-refractivity contribution is 0.120. The molecule has 1 heterocycles. The van der Waals surface area contributed by atoms with Gasteiger partial charge in [0.15, 0.2) is 0 Å². The first kappa shape index (κ1) is 13.5. The molecule has 2 heteroatoms. The summed E-state index contributed by atoms with van der Waals surface area (Å²) in [6.07, 6.45) is -0.208. The fourth-order valence-corrected chi connectivity index (χ4v) is 0.650. The highest BCUT2D eigenvalue weighted by atomic mass is 16.5. The summed E-state index contributed by atoms with van der Waals surface area (Å²) < 4.78 is 4.92. The van der Waals surface area contributed by atoms with Gasteiger partial charge in [0.1, 0.15) is 0 Å². The third-order valence-electron chi connectivity index (χ3n) is 1.33. The molecule has 1 N–H and O–H groups in total. The normalized spacial score (nSPS) is 27.8. The van der Waals surface area contributed by atoms with E-state index in [1.54, 1.807) is 0 Å². The molecule has 0 aliphatic carbocycles. The van der Waals surface area contributed by atoms with Crippen LogP contribution in [-0.4, -0.2) is 24.4 Å². The molecule has 11 heavy (non-hydrogen) atoms. The Morgan fingerprint density at radius 2 is 1.55 bits per heavy atom. The van der Waals surface area contributed by atoms with Gasteiger partial charge in [0.05, 0.1) is 19.3 Å². The minimum atomic E-state index is -0.208. The highest BCUT2D eigenvalue weighted by molar-refractivity contribution is 4.68. The van der Waals surface area contributed by atoms with E-state index in [-0.39, 0.29) is 6.10 Å². The molecule has 1 fully saturated rings. The maximum absolute atomic E-state index is 8.87. The van der Waals surface area contributed by atoms with Gasteiger partial charge in [-0.2, -0.15) is 0 Å². The third kappa shape index (κ3) is 6.32. The summed E-state index contributed by atoms with van der Waals surface area (Å²) in [6, 6.07) is 0. The molecule has 1 aliphatic rings. The van der Waals surface area contributed by atoms with Crippen molar-refractivity contribution in [3.63, 3.8) is 0 Å². The number of hydrogen-bond acceptors (Lipinski definition) is 2. The smallest absolute Gasteiger partial charge is 0.0821 e. The average molecular weight is 162 g/mol. The summed E-state index contributed by atoms with van der Waals surface area (Å²) in [5.74, 6) is 0.347. The fourth-order valence-electron chi connectivity index (χ4n) is 0.650. The van der Waals surface area contributed by atoms with Crippen LogP contribution in [0, 0.1) is 5.92 Å². The van der Waals surface area contributed by atoms with Gasteiger partial charge in [-0.1, -0.05) is 34.6 Å². The van der Waals surface area contributed by atoms with Gasteiger partial charge in [-0.25, -0.2) is 0 Å². The van der Waals surface area contributed by atoms with Crippen LogP contribution in [0.3, 0.4) is 0 Å². The summed E-state index contributed by atoms with van der Waals surface area (Å²) in [4.78, 5) is 0. The van der Waals surface area contributed by atoms with E-state index >= 15 is 0 Å². The number of aliphatic hydroxyl groups excluding tert-OH is 1. The van der Waals surface area contributed by atoms with E-state index in [2.05, 4.69) is 0 Å². The van der Waals surface area contributed by atoms with Crippen LogP contribution in [-0.2, 0) is 4.74 Å². The highest BCUT2D eigenvalue weighted by Gasteiger charge is 2.20. The zero-order valence-electron chi connectivity index (χ0n) is 8.42. The molecule has 2 unspecified atom stereocenters. The number of aliphatic hydroxyl groups is 1. The molecule has 0 radical (unpaired) electrons. The van der Waals surface area contributed by atoms with Gasteiger partial charge in [0, 0.05) is 5.92 Å². The van der Waals surface area contributed by atoms with Crippen LogP contribution in [0.15, 0.2) is 0 Å². The molecule has 0 bridgehead atoms. The summed E-state index contributed by atoms with van der Waals surface area (Å²) in [7, 11) is 0. The largest absolute Gasteiger partial charge is 0.390 e. The van der Waals surface area contributed by atoms with E-state index in [1.807, 2.05) is 34.6 Å². The Bertz CT molecular complexity index is 56.6.